The number of rotatable bonds is 8. The summed E-state index contributed by atoms with van der Waals surface area (Å²) < 4.78 is 7.46. The van der Waals surface area contributed by atoms with E-state index in [-0.39, 0.29) is 0 Å². The monoisotopic (exact) mass is 420 g/mol. The number of nitrogens with one attached hydrogen (secondary N) is 1. The molecule has 4 aromatic heterocycles. The molecule has 0 aromatic carbocycles. The van der Waals surface area contributed by atoms with Crippen molar-refractivity contribution in [2.24, 2.45) is 5.92 Å². The minimum absolute atomic E-state index is 0.314. The molecule has 0 amide bonds. The largest absolute Gasteiger partial charge is 0.496 e. The Kier molecular flexibility index (Phi) is 5.08. The fraction of sp³-hybridized carbons (Fsp3) is 0.364. The second kappa shape index (κ2) is 8.02. The third-order valence-electron chi connectivity index (χ3n) is 5.48. The van der Waals surface area contributed by atoms with Gasteiger partial charge in [-0.05, 0) is 36.3 Å². The summed E-state index contributed by atoms with van der Waals surface area (Å²) >= 11 is 1.71. The first kappa shape index (κ1) is 19.0. The summed E-state index contributed by atoms with van der Waals surface area (Å²) in [7, 11) is 1.71. The molecule has 1 aliphatic rings. The van der Waals surface area contributed by atoms with Crippen molar-refractivity contribution in [1.82, 2.24) is 24.7 Å². The second-order valence-electron chi connectivity index (χ2n) is 7.83. The Morgan fingerprint density at radius 3 is 2.97 bits per heavy atom. The quantitative estimate of drug-likeness (QED) is 0.449. The van der Waals surface area contributed by atoms with Gasteiger partial charge in [0.1, 0.15) is 17.9 Å². The van der Waals surface area contributed by atoms with E-state index >= 15 is 0 Å². The fourth-order valence-corrected chi connectivity index (χ4v) is 4.51. The number of ether oxygens (including phenoxy) is 1. The van der Waals surface area contributed by atoms with Crippen molar-refractivity contribution >= 4 is 28.2 Å². The smallest absolute Gasteiger partial charge is 0.157 e. The number of pyridine rings is 1. The van der Waals surface area contributed by atoms with Crippen molar-refractivity contribution in [1.29, 1.82) is 0 Å². The number of fused-ring (bicyclic) bond motifs is 1. The van der Waals surface area contributed by atoms with Crippen LogP contribution in [-0.2, 0) is 6.54 Å². The lowest BCUT2D eigenvalue weighted by molar-refractivity contribution is 0.410. The average Bonchev–Trinajstić information content (AvgIpc) is 3.31. The molecule has 154 valence electrons. The van der Waals surface area contributed by atoms with Gasteiger partial charge < -0.3 is 10.1 Å². The molecular weight excluding hydrogens is 396 g/mol. The van der Waals surface area contributed by atoms with Crippen molar-refractivity contribution in [2.45, 2.75) is 32.2 Å². The van der Waals surface area contributed by atoms with Gasteiger partial charge >= 0.3 is 0 Å². The van der Waals surface area contributed by atoms with Gasteiger partial charge in [-0.3, -0.25) is 0 Å². The number of hydrogen-bond acceptors (Lipinski definition) is 7. The molecule has 1 unspecified atom stereocenters. The SMILES string of the molecule is COc1ccsc1C(C)CNc1cc(-c2cnc3c(cnn3CC3CC3)c2)ncn1. The van der Waals surface area contributed by atoms with Crippen LogP contribution < -0.4 is 10.1 Å². The first-order valence-corrected chi connectivity index (χ1v) is 11.1. The number of thiophene rings is 1. The maximum Gasteiger partial charge on any atom is 0.157 e. The van der Waals surface area contributed by atoms with Crippen LogP contribution in [0.4, 0.5) is 5.82 Å². The molecule has 5 rings (SSSR count). The molecule has 4 aromatic rings. The Hall–Kier alpha value is -3.00. The van der Waals surface area contributed by atoms with E-state index in [0.717, 1.165) is 52.9 Å². The van der Waals surface area contributed by atoms with Gasteiger partial charge in [0.2, 0.25) is 0 Å². The Bertz CT molecular complexity index is 1170. The molecule has 0 aliphatic heterocycles. The standard InChI is InChI=1S/C22H24N6OS/c1-14(21-19(29-2)5-6-30-21)9-23-20-8-18(25-13-26-20)16-7-17-11-27-28(12-15-3-4-15)22(17)24-10-16/h5-8,10-11,13-15H,3-4,9,12H2,1-2H3,(H,23,25,26). The van der Waals surface area contributed by atoms with E-state index in [0.29, 0.717) is 5.92 Å². The summed E-state index contributed by atoms with van der Waals surface area (Å²) in [5, 5.41) is 11.0. The van der Waals surface area contributed by atoms with E-state index in [1.165, 1.54) is 17.7 Å². The van der Waals surface area contributed by atoms with E-state index in [1.54, 1.807) is 24.8 Å². The summed E-state index contributed by atoms with van der Waals surface area (Å²) in [6.07, 6.45) is 7.96. The second-order valence-corrected chi connectivity index (χ2v) is 8.78. The molecule has 0 spiro atoms. The van der Waals surface area contributed by atoms with Gasteiger partial charge in [0.05, 0.1) is 23.9 Å². The van der Waals surface area contributed by atoms with Crippen molar-refractivity contribution < 1.29 is 4.74 Å². The number of aromatic nitrogens is 5. The first-order chi connectivity index (χ1) is 14.7. The van der Waals surface area contributed by atoms with Gasteiger partial charge in [-0.1, -0.05) is 6.92 Å². The van der Waals surface area contributed by atoms with Gasteiger partial charge in [0.25, 0.3) is 0 Å². The van der Waals surface area contributed by atoms with Crippen LogP contribution >= 0.6 is 11.3 Å². The van der Waals surface area contributed by atoms with Crippen molar-refractivity contribution in [2.75, 3.05) is 19.0 Å². The van der Waals surface area contributed by atoms with E-state index < -0.39 is 0 Å². The number of anilines is 1. The van der Waals surface area contributed by atoms with Gasteiger partial charge in [0.15, 0.2) is 5.65 Å². The highest BCUT2D eigenvalue weighted by Crippen LogP contribution is 2.33. The lowest BCUT2D eigenvalue weighted by Crippen LogP contribution is -2.10. The maximum absolute atomic E-state index is 5.44. The van der Waals surface area contributed by atoms with Crippen LogP contribution in [0.25, 0.3) is 22.3 Å². The summed E-state index contributed by atoms with van der Waals surface area (Å²) in [5.41, 5.74) is 2.75. The normalized spacial score (nSPS) is 14.7. The zero-order valence-electron chi connectivity index (χ0n) is 17.1. The Labute approximate surface area is 179 Å². The molecule has 0 radical (unpaired) electrons. The van der Waals surface area contributed by atoms with Crippen LogP contribution in [0.1, 0.15) is 30.6 Å². The fourth-order valence-electron chi connectivity index (χ4n) is 3.59. The molecule has 1 aliphatic carbocycles. The molecule has 30 heavy (non-hydrogen) atoms. The summed E-state index contributed by atoms with van der Waals surface area (Å²) in [4.78, 5) is 14.7. The summed E-state index contributed by atoms with van der Waals surface area (Å²) in [6, 6.07) is 6.08. The predicted molar refractivity (Wildman–Crippen MR) is 119 cm³/mol. The van der Waals surface area contributed by atoms with Crippen LogP contribution in [0, 0.1) is 5.92 Å². The van der Waals surface area contributed by atoms with Crippen LogP contribution in [0.3, 0.4) is 0 Å². The third kappa shape index (κ3) is 3.87. The maximum atomic E-state index is 5.44. The molecule has 1 saturated carbocycles. The number of hydrogen-bond donors (Lipinski definition) is 1. The van der Waals surface area contributed by atoms with Crippen LogP contribution in [-0.4, -0.2) is 38.4 Å². The molecular formula is C22H24N6OS. The van der Waals surface area contributed by atoms with Gasteiger partial charge in [-0.2, -0.15) is 5.10 Å². The number of methoxy groups -OCH3 is 1. The highest BCUT2D eigenvalue weighted by molar-refractivity contribution is 7.10. The minimum Gasteiger partial charge on any atom is -0.496 e. The number of nitrogens with zero attached hydrogens (tertiary/aromatic N) is 5. The summed E-state index contributed by atoms with van der Waals surface area (Å²) in [6.45, 7) is 3.91. The lowest BCUT2D eigenvalue weighted by Gasteiger charge is -2.13. The molecule has 0 saturated heterocycles. The van der Waals surface area contributed by atoms with Crippen LogP contribution in [0.15, 0.2) is 42.3 Å². The zero-order chi connectivity index (χ0) is 20.5. The molecule has 1 atom stereocenters. The van der Waals surface area contributed by atoms with E-state index in [2.05, 4.69) is 43.7 Å². The van der Waals surface area contributed by atoms with Crippen LogP contribution in [0.5, 0.6) is 5.75 Å². The van der Waals surface area contributed by atoms with E-state index in [9.17, 15) is 0 Å². The lowest BCUT2D eigenvalue weighted by atomic mass is 10.1. The minimum atomic E-state index is 0.314. The molecule has 7 nitrogen and oxygen atoms in total. The zero-order valence-corrected chi connectivity index (χ0v) is 17.9. The molecule has 1 N–H and O–H groups in total. The van der Waals surface area contributed by atoms with Gasteiger partial charge in [0, 0.05) is 42.2 Å². The highest BCUT2D eigenvalue weighted by atomic mass is 32.1. The topological polar surface area (TPSA) is 77.8 Å². The first-order valence-electron chi connectivity index (χ1n) is 10.2. The predicted octanol–water partition coefficient (Wildman–Crippen LogP) is 4.58. The molecule has 4 heterocycles. The van der Waals surface area contributed by atoms with E-state index in [4.69, 9.17) is 4.74 Å². The Morgan fingerprint density at radius 1 is 1.23 bits per heavy atom. The molecule has 8 heteroatoms. The van der Waals surface area contributed by atoms with Crippen molar-refractivity contribution in [3.8, 4) is 17.0 Å². The van der Waals surface area contributed by atoms with E-state index in [1.807, 2.05) is 29.2 Å². The van der Waals surface area contributed by atoms with Crippen LogP contribution in [0.2, 0.25) is 0 Å². The van der Waals surface area contributed by atoms with Crippen molar-refractivity contribution in [3.63, 3.8) is 0 Å². The third-order valence-corrected chi connectivity index (χ3v) is 6.61. The van der Waals surface area contributed by atoms with Gasteiger partial charge in [-0.15, -0.1) is 11.3 Å². The van der Waals surface area contributed by atoms with Crippen molar-refractivity contribution in [3.05, 3.63) is 47.2 Å². The average molecular weight is 421 g/mol. The Balaban J connectivity index is 1.31. The molecule has 0 bridgehead atoms. The summed E-state index contributed by atoms with van der Waals surface area (Å²) in [5.74, 6) is 2.82. The molecule has 1 fully saturated rings. The highest BCUT2D eigenvalue weighted by Gasteiger charge is 2.23. The van der Waals surface area contributed by atoms with Gasteiger partial charge in [-0.25, -0.2) is 19.6 Å². The Morgan fingerprint density at radius 2 is 2.13 bits per heavy atom.